The average molecular weight is 655 g/mol. The van der Waals surface area contributed by atoms with Gasteiger partial charge in [-0.25, -0.2) is 9.59 Å². The van der Waals surface area contributed by atoms with Gasteiger partial charge in [0.2, 0.25) is 0 Å². The predicted octanol–water partition coefficient (Wildman–Crippen LogP) is 6.36. The maximum atomic E-state index is 13.1. The molecule has 2 saturated carbocycles. The van der Waals surface area contributed by atoms with Crippen molar-refractivity contribution in [3.63, 3.8) is 0 Å². The maximum Gasteiger partial charge on any atom is 0.332 e. The normalized spacial score (nSPS) is 18.4. The number of carbonyl (C=O) groups is 3. The lowest BCUT2D eigenvalue weighted by Crippen LogP contribution is -2.61. The topological polar surface area (TPSA) is 114 Å². The molecule has 48 heavy (non-hydrogen) atoms. The van der Waals surface area contributed by atoms with Crippen molar-refractivity contribution in [1.82, 2.24) is 10.2 Å². The first-order chi connectivity index (χ1) is 23.4. The molecule has 3 aliphatic rings. The number of amides is 2. The number of hydrogen-bond donors (Lipinski definition) is 2. The van der Waals surface area contributed by atoms with Crippen LogP contribution in [0.15, 0.2) is 91.0 Å². The van der Waals surface area contributed by atoms with Crippen molar-refractivity contribution in [2.24, 2.45) is 5.73 Å². The SMILES string of the molecule is NC1(C(=O)OCc2ccccc2)CCCCC1.O=C(NC1(C(=O)OCc2ccccc2)CCCCC1)N1CCN(c2ccccc2)CC1. The highest BCUT2D eigenvalue weighted by Crippen LogP contribution is 2.31. The molecule has 1 aliphatic heterocycles. The second-order valence-electron chi connectivity index (χ2n) is 13.2. The van der Waals surface area contributed by atoms with Crippen LogP contribution in [0.5, 0.6) is 0 Å². The molecule has 0 unspecified atom stereocenters. The zero-order valence-corrected chi connectivity index (χ0v) is 28.0. The summed E-state index contributed by atoms with van der Waals surface area (Å²) in [6, 6.07) is 29.4. The number of esters is 2. The Kier molecular flexibility index (Phi) is 12.5. The Hall–Kier alpha value is -4.37. The fraction of sp³-hybridized carbons (Fsp3) is 0.462. The van der Waals surface area contributed by atoms with Crippen LogP contribution in [0.3, 0.4) is 0 Å². The largest absolute Gasteiger partial charge is 0.459 e. The van der Waals surface area contributed by atoms with Crippen molar-refractivity contribution >= 4 is 23.7 Å². The van der Waals surface area contributed by atoms with E-state index in [9.17, 15) is 14.4 Å². The first kappa shape index (κ1) is 35.0. The van der Waals surface area contributed by atoms with Gasteiger partial charge < -0.3 is 30.3 Å². The van der Waals surface area contributed by atoms with Crippen LogP contribution < -0.4 is 16.0 Å². The van der Waals surface area contributed by atoms with Crippen LogP contribution in [0.1, 0.15) is 75.3 Å². The van der Waals surface area contributed by atoms with Gasteiger partial charge in [-0.2, -0.15) is 0 Å². The number of ether oxygens (including phenoxy) is 2. The van der Waals surface area contributed by atoms with E-state index in [4.69, 9.17) is 15.2 Å². The number of para-hydroxylation sites is 1. The molecule has 3 aromatic rings. The van der Waals surface area contributed by atoms with Crippen LogP contribution in [0.25, 0.3) is 0 Å². The first-order valence-electron chi connectivity index (χ1n) is 17.5. The minimum absolute atomic E-state index is 0.161. The van der Waals surface area contributed by atoms with Crippen LogP contribution in [-0.4, -0.2) is 60.1 Å². The van der Waals surface area contributed by atoms with Crippen molar-refractivity contribution in [2.75, 3.05) is 31.1 Å². The molecule has 0 radical (unpaired) electrons. The van der Waals surface area contributed by atoms with Gasteiger partial charge in [0.25, 0.3) is 0 Å². The van der Waals surface area contributed by atoms with Crippen LogP contribution in [-0.2, 0) is 32.3 Å². The standard InChI is InChI=1S/C25H31N3O3.C14H19NO2/c29-23(31-20-21-10-4-1-5-11-21)25(14-8-3-9-15-25)26-24(30)28-18-16-27(17-19-28)22-12-6-2-7-13-22;15-14(9-5-2-6-10-14)13(16)17-11-12-7-3-1-4-8-12/h1-2,4-7,10-13H,3,8-9,14-20H2,(H,26,30);1,3-4,7-8H,2,5-6,9-11,15H2. The summed E-state index contributed by atoms with van der Waals surface area (Å²) in [5.41, 5.74) is 7.56. The molecule has 0 spiro atoms. The summed E-state index contributed by atoms with van der Waals surface area (Å²) in [4.78, 5) is 42.2. The van der Waals surface area contributed by atoms with Gasteiger partial charge in [0.15, 0.2) is 0 Å². The number of urea groups is 1. The second-order valence-corrected chi connectivity index (χ2v) is 13.2. The monoisotopic (exact) mass is 654 g/mol. The summed E-state index contributed by atoms with van der Waals surface area (Å²) < 4.78 is 11.0. The van der Waals surface area contributed by atoms with E-state index in [0.717, 1.165) is 69.2 Å². The molecule has 3 fully saturated rings. The van der Waals surface area contributed by atoms with Crippen molar-refractivity contribution in [1.29, 1.82) is 0 Å². The molecule has 0 bridgehead atoms. The van der Waals surface area contributed by atoms with Gasteiger partial charge in [-0.1, -0.05) is 117 Å². The van der Waals surface area contributed by atoms with Gasteiger partial charge in [0, 0.05) is 31.9 Å². The van der Waals surface area contributed by atoms with Gasteiger partial charge in [0.1, 0.15) is 24.3 Å². The lowest BCUT2D eigenvalue weighted by atomic mass is 9.81. The quantitative estimate of drug-likeness (QED) is 0.272. The number of hydrogen-bond acceptors (Lipinski definition) is 7. The number of piperazine rings is 1. The van der Waals surface area contributed by atoms with E-state index < -0.39 is 11.1 Å². The van der Waals surface area contributed by atoms with E-state index in [1.807, 2.05) is 83.8 Å². The van der Waals surface area contributed by atoms with Crippen LogP contribution in [0.2, 0.25) is 0 Å². The van der Waals surface area contributed by atoms with E-state index in [1.165, 1.54) is 12.1 Å². The third-order valence-corrected chi connectivity index (χ3v) is 9.71. The summed E-state index contributed by atoms with van der Waals surface area (Å²) in [5.74, 6) is -0.562. The molecule has 1 saturated heterocycles. The molecular weight excluding hydrogens is 604 g/mol. The molecule has 3 N–H and O–H groups in total. The Labute approximate surface area is 284 Å². The molecule has 9 nitrogen and oxygen atoms in total. The molecule has 3 aromatic carbocycles. The molecule has 0 atom stereocenters. The molecule has 6 rings (SSSR count). The minimum atomic E-state index is -0.916. The van der Waals surface area contributed by atoms with Gasteiger partial charge in [-0.3, -0.25) is 4.79 Å². The Morgan fingerprint density at radius 3 is 1.58 bits per heavy atom. The summed E-state index contributed by atoms with van der Waals surface area (Å²) in [7, 11) is 0. The van der Waals surface area contributed by atoms with E-state index in [2.05, 4.69) is 22.3 Å². The summed E-state index contributed by atoms with van der Waals surface area (Å²) in [5, 5.41) is 3.09. The summed E-state index contributed by atoms with van der Waals surface area (Å²) in [6.45, 7) is 3.38. The lowest BCUT2D eigenvalue weighted by molar-refractivity contribution is -0.154. The zero-order chi connectivity index (χ0) is 33.7. The van der Waals surface area contributed by atoms with Crippen molar-refractivity contribution < 1.29 is 23.9 Å². The Balaban J connectivity index is 0.000000224. The predicted molar refractivity (Wildman–Crippen MR) is 187 cm³/mol. The number of benzene rings is 3. The highest BCUT2D eigenvalue weighted by Gasteiger charge is 2.43. The Morgan fingerprint density at radius 1 is 0.604 bits per heavy atom. The Morgan fingerprint density at radius 2 is 1.06 bits per heavy atom. The first-order valence-corrected chi connectivity index (χ1v) is 17.5. The lowest BCUT2D eigenvalue weighted by Gasteiger charge is -2.40. The fourth-order valence-corrected chi connectivity index (χ4v) is 6.74. The maximum absolute atomic E-state index is 13.1. The minimum Gasteiger partial charge on any atom is -0.459 e. The Bertz CT molecular complexity index is 1430. The highest BCUT2D eigenvalue weighted by molar-refractivity contribution is 5.87. The number of carbonyl (C=O) groups excluding carboxylic acids is 3. The number of nitrogens with zero attached hydrogens (tertiary/aromatic N) is 2. The fourth-order valence-electron chi connectivity index (χ4n) is 6.74. The van der Waals surface area contributed by atoms with Crippen molar-refractivity contribution in [2.45, 2.75) is 88.5 Å². The van der Waals surface area contributed by atoms with E-state index in [-0.39, 0.29) is 24.6 Å². The summed E-state index contributed by atoms with van der Waals surface area (Å²) in [6.07, 6.45) is 8.91. The number of nitrogens with two attached hydrogens (primary N) is 1. The van der Waals surface area contributed by atoms with Crippen LogP contribution >= 0.6 is 0 Å². The summed E-state index contributed by atoms with van der Waals surface area (Å²) >= 11 is 0. The van der Waals surface area contributed by atoms with Gasteiger partial charge >= 0.3 is 18.0 Å². The molecule has 1 heterocycles. The molecule has 9 heteroatoms. The number of anilines is 1. The van der Waals surface area contributed by atoms with Gasteiger partial charge in [-0.15, -0.1) is 0 Å². The van der Waals surface area contributed by atoms with Crippen molar-refractivity contribution in [3.8, 4) is 0 Å². The molecule has 256 valence electrons. The van der Waals surface area contributed by atoms with Crippen LogP contribution in [0, 0.1) is 0 Å². The number of rotatable bonds is 8. The highest BCUT2D eigenvalue weighted by atomic mass is 16.5. The van der Waals surface area contributed by atoms with Gasteiger partial charge in [-0.05, 0) is 48.9 Å². The second kappa shape index (κ2) is 17.2. The molecule has 0 aromatic heterocycles. The third kappa shape index (κ3) is 9.60. The van der Waals surface area contributed by atoms with Gasteiger partial charge in [0.05, 0.1) is 0 Å². The molecule has 2 amide bonds. The van der Waals surface area contributed by atoms with Crippen molar-refractivity contribution in [3.05, 3.63) is 102 Å². The zero-order valence-electron chi connectivity index (χ0n) is 28.0. The molecule has 2 aliphatic carbocycles. The average Bonchev–Trinajstić information content (AvgIpc) is 3.15. The van der Waals surface area contributed by atoms with E-state index in [0.29, 0.717) is 32.5 Å². The van der Waals surface area contributed by atoms with E-state index >= 15 is 0 Å². The molecular formula is C39H50N4O5. The smallest absolute Gasteiger partial charge is 0.332 e. The van der Waals surface area contributed by atoms with Crippen LogP contribution in [0.4, 0.5) is 10.5 Å². The number of nitrogens with one attached hydrogen (secondary N) is 1. The van der Waals surface area contributed by atoms with E-state index in [1.54, 1.807) is 0 Å². The third-order valence-electron chi connectivity index (χ3n) is 9.71.